The molecule has 1 saturated heterocycles. The Kier molecular flexibility index (Phi) is 4.96. The summed E-state index contributed by atoms with van der Waals surface area (Å²) in [4.78, 5) is 12.1. The van der Waals surface area contributed by atoms with E-state index in [1.54, 1.807) is 12.3 Å². The number of sulfone groups is 1. The van der Waals surface area contributed by atoms with Crippen molar-refractivity contribution in [2.75, 3.05) is 24.6 Å². The third-order valence-corrected chi connectivity index (χ3v) is 8.62. The molecule has 4 rings (SSSR count). The number of nitrogens with one attached hydrogen (secondary N) is 1. The van der Waals surface area contributed by atoms with Crippen LogP contribution < -0.4 is 0 Å². The molecule has 1 aliphatic rings. The maximum Gasteiger partial charge on any atom is 0.244 e. The van der Waals surface area contributed by atoms with Gasteiger partial charge >= 0.3 is 0 Å². The van der Waals surface area contributed by atoms with Crippen molar-refractivity contribution in [3.05, 3.63) is 42.4 Å². The van der Waals surface area contributed by atoms with Crippen LogP contribution in [0.4, 0.5) is 0 Å². The highest BCUT2D eigenvalue weighted by atomic mass is 32.2. The van der Waals surface area contributed by atoms with Crippen LogP contribution in [0.25, 0.3) is 22.3 Å². The van der Waals surface area contributed by atoms with Crippen LogP contribution in [0.15, 0.2) is 41.6 Å². The minimum Gasteiger partial charge on any atom is -0.343 e. The van der Waals surface area contributed by atoms with Gasteiger partial charge in [0.2, 0.25) is 10.0 Å². The van der Waals surface area contributed by atoms with E-state index in [2.05, 4.69) is 28.8 Å². The SMILES string of the molecule is CC(C)c1cc2c(-c3ccc(S(=O)(=O)N4CCS(=O)(=O)CC4)cn3)ccnc2[nH]1. The first-order valence-electron chi connectivity index (χ1n) is 9.32. The van der Waals surface area contributed by atoms with E-state index in [-0.39, 0.29) is 29.5 Å². The summed E-state index contributed by atoms with van der Waals surface area (Å²) in [6, 6.07) is 7.09. The summed E-state index contributed by atoms with van der Waals surface area (Å²) < 4.78 is 50.0. The van der Waals surface area contributed by atoms with E-state index in [4.69, 9.17) is 0 Å². The molecule has 3 aromatic rings. The minimum atomic E-state index is -3.77. The van der Waals surface area contributed by atoms with E-state index in [1.807, 2.05) is 12.1 Å². The Labute approximate surface area is 170 Å². The Bertz CT molecular complexity index is 1250. The van der Waals surface area contributed by atoms with Crippen molar-refractivity contribution in [2.45, 2.75) is 24.7 Å². The van der Waals surface area contributed by atoms with Gasteiger partial charge in [-0.05, 0) is 30.2 Å². The molecule has 0 aromatic carbocycles. The molecular formula is C19H22N4O4S2. The van der Waals surface area contributed by atoms with Crippen LogP contribution in [0.3, 0.4) is 0 Å². The Hall–Kier alpha value is -2.30. The van der Waals surface area contributed by atoms with E-state index >= 15 is 0 Å². The Balaban J connectivity index is 1.66. The second kappa shape index (κ2) is 7.19. The average Bonchev–Trinajstić information content (AvgIpc) is 3.12. The van der Waals surface area contributed by atoms with E-state index in [9.17, 15) is 16.8 Å². The van der Waals surface area contributed by atoms with E-state index in [0.717, 1.165) is 22.3 Å². The highest BCUT2D eigenvalue weighted by molar-refractivity contribution is 7.92. The number of hydrogen-bond donors (Lipinski definition) is 1. The third-order valence-electron chi connectivity index (χ3n) is 5.13. The highest BCUT2D eigenvalue weighted by Crippen LogP contribution is 2.29. The summed E-state index contributed by atoms with van der Waals surface area (Å²) in [7, 11) is -6.93. The summed E-state index contributed by atoms with van der Waals surface area (Å²) in [5.74, 6) is 0.0162. The van der Waals surface area contributed by atoms with Crippen LogP contribution in [0, 0.1) is 0 Å². The minimum absolute atomic E-state index is 0.0290. The number of aromatic nitrogens is 3. The maximum absolute atomic E-state index is 12.8. The predicted molar refractivity (Wildman–Crippen MR) is 111 cm³/mol. The van der Waals surface area contributed by atoms with Crippen LogP contribution in [0.1, 0.15) is 25.5 Å². The second-order valence-electron chi connectivity index (χ2n) is 7.44. The molecule has 3 aromatic heterocycles. The first-order chi connectivity index (χ1) is 13.7. The van der Waals surface area contributed by atoms with Gasteiger partial charge < -0.3 is 4.98 Å². The van der Waals surface area contributed by atoms with Crippen molar-refractivity contribution in [3.8, 4) is 11.3 Å². The van der Waals surface area contributed by atoms with Gasteiger partial charge in [0.1, 0.15) is 10.5 Å². The number of fused-ring (bicyclic) bond motifs is 1. The van der Waals surface area contributed by atoms with Crippen molar-refractivity contribution in [1.82, 2.24) is 19.3 Å². The highest BCUT2D eigenvalue weighted by Gasteiger charge is 2.31. The lowest BCUT2D eigenvalue weighted by Gasteiger charge is -2.25. The van der Waals surface area contributed by atoms with Gasteiger partial charge in [0, 0.05) is 42.1 Å². The zero-order chi connectivity index (χ0) is 20.8. The zero-order valence-electron chi connectivity index (χ0n) is 16.2. The van der Waals surface area contributed by atoms with E-state index in [0.29, 0.717) is 11.6 Å². The Morgan fingerprint density at radius 1 is 1.10 bits per heavy atom. The third kappa shape index (κ3) is 3.79. The van der Waals surface area contributed by atoms with Crippen molar-refractivity contribution in [1.29, 1.82) is 0 Å². The lowest BCUT2D eigenvalue weighted by molar-refractivity contribution is 0.430. The van der Waals surface area contributed by atoms with Gasteiger partial charge in [0.15, 0.2) is 9.84 Å². The summed E-state index contributed by atoms with van der Waals surface area (Å²) in [5.41, 5.74) is 3.34. The quantitative estimate of drug-likeness (QED) is 0.673. The molecule has 0 amide bonds. The number of aromatic amines is 1. The van der Waals surface area contributed by atoms with Crippen molar-refractivity contribution in [2.24, 2.45) is 0 Å². The molecule has 29 heavy (non-hydrogen) atoms. The van der Waals surface area contributed by atoms with Crippen LogP contribution in [-0.4, -0.2) is 60.7 Å². The van der Waals surface area contributed by atoms with Crippen LogP contribution >= 0.6 is 0 Å². The molecule has 0 bridgehead atoms. The first kappa shape index (κ1) is 20.0. The standard InChI is InChI=1S/C19H22N4O4S2/c1-13(2)18-11-16-15(5-6-20-19(16)22-18)17-4-3-14(12-21-17)29(26,27)23-7-9-28(24,25)10-8-23/h3-6,11-13H,7-10H2,1-2H3,(H,20,22). The van der Waals surface area contributed by atoms with Crippen LogP contribution in [0.5, 0.6) is 0 Å². The molecular weight excluding hydrogens is 412 g/mol. The van der Waals surface area contributed by atoms with Crippen molar-refractivity contribution in [3.63, 3.8) is 0 Å². The Morgan fingerprint density at radius 3 is 2.45 bits per heavy atom. The summed E-state index contributed by atoms with van der Waals surface area (Å²) in [6.07, 6.45) is 3.02. The zero-order valence-corrected chi connectivity index (χ0v) is 17.8. The molecule has 1 N–H and O–H groups in total. The van der Waals surface area contributed by atoms with Gasteiger partial charge in [-0.2, -0.15) is 4.31 Å². The van der Waals surface area contributed by atoms with Gasteiger partial charge in [-0.15, -0.1) is 0 Å². The average molecular weight is 435 g/mol. The van der Waals surface area contributed by atoms with Crippen LogP contribution in [-0.2, 0) is 19.9 Å². The van der Waals surface area contributed by atoms with Gasteiger partial charge in [0.25, 0.3) is 0 Å². The number of sulfonamides is 1. The first-order valence-corrected chi connectivity index (χ1v) is 12.6. The lowest BCUT2D eigenvalue weighted by Crippen LogP contribution is -2.43. The van der Waals surface area contributed by atoms with E-state index in [1.165, 1.54) is 16.6 Å². The molecule has 0 unspecified atom stereocenters. The number of hydrogen-bond acceptors (Lipinski definition) is 6. The molecule has 10 heteroatoms. The molecule has 0 radical (unpaired) electrons. The van der Waals surface area contributed by atoms with Gasteiger partial charge in [-0.25, -0.2) is 21.8 Å². The number of pyridine rings is 2. The molecule has 0 saturated carbocycles. The lowest BCUT2D eigenvalue weighted by atomic mass is 10.1. The number of H-pyrrole nitrogens is 1. The molecule has 8 nitrogen and oxygen atoms in total. The summed E-state index contributed by atoms with van der Waals surface area (Å²) >= 11 is 0. The summed E-state index contributed by atoms with van der Waals surface area (Å²) in [5, 5.41) is 0.931. The van der Waals surface area contributed by atoms with Gasteiger partial charge in [-0.3, -0.25) is 4.98 Å². The fraction of sp³-hybridized carbons (Fsp3) is 0.368. The fourth-order valence-electron chi connectivity index (χ4n) is 3.36. The smallest absolute Gasteiger partial charge is 0.244 e. The largest absolute Gasteiger partial charge is 0.343 e. The van der Waals surface area contributed by atoms with Crippen molar-refractivity contribution < 1.29 is 16.8 Å². The molecule has 0 atom stereocenters. The normalized spacial score (nSPS) is 17.8. The molecule has 4 heterocycles. The number of rotatable bonds is 4. The predicted octanol–water partition coefficient (Wildman–Crippen LogP) is 2.17. The molecule has 154 valence electrons. The van der Waals surface area contributed by atoms with Gasteiger partial charge in [0.05, 0.1) is 17.2 Å². The molecule has 1 fully saturated rings. The monoisotopic (exact) mass is 434 g/mol. The second-order valence-corrected chi connectivity index (χ2v) is 11.7. The molecule has 0 aliphatic carbocycles. The van der Waals surface area contributed by atoms with Crippen LogP contribution in [0.2, 0.25) is 0 Å². The van der Waals surface area contributed by atoms with Gasteiger partial charge in [-0.1, -0.05) is 13.8 Å². The topological polar surface area (TPSA) is 113 Å². The maximum atomic E-state index is 12.8. The molecule has 0 spiro atoms. The Morgan fingerprint density at radius 2 is 1.83 bits per heavy atom. The number of nitrogens with zero attached hydrogens (tertiary/aromatic N) is 3. The van der Waals surface area contributed by atoms with Crippen molar-refractivity contribution >= 4 is 30.9 Å². The fourth-order valence-corrected chi connectivity index (χ4v) is 6.18. The summed E-state index contributed by atoms with van der Waals surface area (Å²) in [6.45, 7) is 4.12. The molecule has 1 aliphatic heterocycles. The van der Waals surface area contributed by atoms with E-state index < -0.39 is 19.9 Å².